The Morgan fingerprint density at radius 3 is 2.44 bits per heavy atom. The summed E-state index contributed by atoms with van der Waals surface area (Å²) in [5.74, 6) is -0.0220. The van der Waals surface area contributed by atoms with Gasteiger partial charge in [-0.1, -0.05) is 30.3 Å². The van der Waals surface area contributed by atoms with Crippen molar-refractivity contribution < 1.29 is 14.6 Å². The number of fused-ring (bicyclic) bond motifs is 1. The molecule has 0 aliphatic carbocycles. The lowest BCUT2D eigenvalue weighted by molar-refractivity contribution is -0.130. The van der Waals surface area contributed by atoms with Gasteiger partial charge in [0.1, 0.15) is 5.75 Å². The van der Waals surface area contributed by atoms with Crippen molar-refractivity contribution in [2.45, 2.75) is 15.4 Å². The predicted molar refractivity (Wildman–Crippen MR) is 119 cm³/mol. The molecule has 0 atom stereocenters. The molecular weight excluding hydrogens is 396 g/mol. The Morgan fingerprint density at radius 1 is 1.15 bits per heavy atom. The van der Waals surface area contributed by atoms with Crippen LogP contribution < -0.4 is 4.74 Å². The number of carboxylic acids is 1. The van der Waals surface area contributed by atoms with E-state index in [1.165, 1.54) is 0 Å². The first-order valence-electron chi connectivity index (χ1n) is 8.50. The monoisotopic (exact) mass is 418 g/mol. The van der Waals surface area contributed by atoms with Gasteiger partial charge in [0.2, 0.25) is 0 Å². The fraction of sp³-hybridized carbons (Fsp3) is 0.286. The smallest absolute Gasteiger partial charge is 0.336 e. The normalized spacial score (nSPS) is 15.7. The van der Waals surface area contributed by atoms with Gasteiger partial charge in [-0.15, -0.1) is 35.3 Å². The molecule has 1 heterocycles. The van der Waals surface area contributed by atoms with Crippen molar-refractivity contribution in [1.82, 2.24) is 0 Å². The highest BCUT2D eigenvalue weighted by Gasteiger charge is 2.37. The summed E-state index contributed by atoms with van der Waals surface area (Å²) in [6.07, 6.45) is 8.95. The third-order valence-corrected chi connectivity index (χ3v) is 8.67. The average Bonchev–Trinajstić information content (AvgIpc) is 2.71. The highest BCUT2D eigenvalue weighted by molar-refractivity contribution is 8.16. The van der Waals surface area contributed by atoms with E-state index in [0.717, 1.165) is 28.2 Å². The van der Waals surface area contributed by atoms with Gasteiger partial charge in [0, 0.05) is 16.9 Å². The maximum atomic E-state index is 11.9. The number of carboxylic acid groups (broad SMARTS) is 1. The van der Waals surface area contributed by atoms with E-state index in [1.807, 2.05) is 60.1 Å². The Labute approximate surface area is 173 Å². The predicted octanol–water partition coefficient (Wildman–Crippen LogP) is 5.70. The number of hydrogen-bond donors (Lipinski definition) is 1. The third-order valence-electron chi connectivity index (χ3n) is 4.71. The molecule has 1 aliphatic heterocycles. The van der Waals surface area contributed by atoms with Gasteiger partial charge < -0.3 is 9.84 Å². The van der Waals surface area contributed by atoms with Crippen LogP contribution in [0.2, 0.25) is 0 Å². The van der Waals surface area contributed by atoms with E-state index >= 15 is 0 Å². The molecule has 0 amide bonds. The van der Waals surface area contributed by atoms with Gasteiger partial charge in [-0.25, -0.2) is 4.79 Å². The van der Waals surface area contributed by atoms with E-state index in [9.17, 15) is 9.90 Å². The number of aliphatic carboxylic acids is 1. The molecule has 0 aromatic heterocycles. The SMILES string of the molecule is CSc1cc2c(cc1C=C(C(=O)O)c1ccccc1)C(SC)(SC)CCO2. The molecule has 3 rings (SSSR count). The first-order valence-corrected chi connectivity index (χ1v) is 12.2. The van der Waals surface area contributed by atoms with Crippen LogP contribution in [0.5, 0.6) is 5.75 Å². The molecule has 0 saturated heterocycles. The number of hydrogen-bond acceptors (Lipinski definition) is 5. The van der Waals surface area contributed by atoms with Crippen molar-refractivity contribution in [3.05, 3.63) is 59.2 Å². The van der Waals surface area contributed by atoms with Crippen molar-refractivity contribution in [1.29, 1.82) is 0 Å². The minimum absolute atomic E-state index is 0.0662. The minimum atomic E-state index is -0.928. The molecule has 0 saturated carbocycles. The van der Waals surface area contributed by atoms with Crippen LogP contribution in [-0.2, 0) is 8.87 Å². The number of ether oxygens (including phenoxy) is 1. The van der Waals surface area contributed by atoms with E-state index in [0.29, 0.717) is 17.7 Å². The van der Waals surface area contributed by atoms with Crippen LogP contribution in [0.1, 0.15) is 23.1 Å². The van der Waals surface area contributed by atoms with Gasteiger partial charge in [0.05, 0.1) is 16.3 Å². The van der Waals surface area contributed by atoms with Crippen LogP contribution in [-0.4, -0.2) is 36.5 Å². The maximum absolute atomic E-state index is 11.9. The van der Waals surface area contributed by atoms with Crippen LogP contribution in [0.4, 0.5) is 0 Å². The molecule has 1 N–H and O–H groups in total. The van der Waals surface area contributed by atoms with Gasteiger partial charge in [-0.3, -0.25) is 0 Å². The number of benzene rings is 2. The van der Waals surface area contributed by atoms with Crippen LogP contribution >= 0.6 is 35.3 Å². The van der Waals surface area contributed by atoms with Crippen molar-refractivity contribution in [3.63, 3.8) is 0 Å². The second-order valence-corrected chi connectivity index (χ2v) is 9.40. The minimum Gasteiger partial charge on any atom is -0.493 e. The topological polar surface area (TPSA) is 46.5 Å². The molecule has 6 heteroatoms. The molecule has 2 aromatic carbocycles. The van der Waals surface area contributed by atoms with Crippen molar-refractivity contribution in [2.75, 3.05) is 25.4 Å². The summed E-state index contributed by atoms with van der Waals surface area (Å²) in [5.41, 5.74) is 3.05. The van der Waals surface area contributed by atoms with Crippen molar-refractivity contribution in [2.24, 2.45) is 0 Å². The van der Waals surface area contributed by atoms with Gasteiger partial charge in [-0.05, 0) is 48.1 Å². The first-order chi connectivity index (χ1) is 13.0. The largest absolute Gasteiger partial charge is 0.493 e. The second kappa shape index (κ2) is 8.67. The van der Waals surface area contributed by atoms with E-state index in [1.54, 1.807) is 17.8 Å². The summed E-state index contributed by atoms with van der Waals surface area (Å²) < 4.78 is 5.87. The first kappa shape index (κ1) is 20.2. The zero-order valence-corrected chi connectivity index (χ0v) is 18.0. The number of carbonyl (C=O) groups is 1. The Morgan fingerprint density at radius 2 is 1.85 bits per heavy atom. The molecule has 0 fully saturated rings. The zero-order valence-electron chi connectivity index (χ0n) is 15.5. The number of thioether (sulfide) groups is 3. The molecular formula is C21H22O3S3. The molecule has 142 valence electrons. The van der Waals surface area contributed by atoms with Gasteiger partial charge in [0.25, 0.3) is 0 Å². The molecule has 0 spiro atoms. The lowest BCUT2D eigenvalue weighted by atomic mass is 9.98. The molecule has 0 bridgehead atoms. The fourth-order valence-corrected chi connectivity index (χ4v) is 5.84. The summed E-state index contributed by atoms with van der Waals surface area (Å²) >= 11 is 5.24. The van der Waals surface area contributed by atoms with E-state index in [2.05, 4.69) is 24.6 Å². The summed E-state index contributed by atoms with van der Waals surface area (Å²) in [6, 6.07) is 13.4. The van der Waals surface area contributed by atoms with Crippen LogP contribution in [0, 0.1) is 0 Å². The summed E-state index contributed by atoms with van der Waals surface area (Å²) in [5, 5.41) is 9.78. The zero-order chi connectivity index (χ0) is 19.4. The summed E-state index contributed by atoms with van der Waals surface area (Å²) in [4.78, 5) is 12.9. The Balaban J connectivity index is 2.19. The Kier molecular flexibility index (Phi) is 6.50. The van der Waals surface area contributed by atoms with E-state index in [-0.39, 0.29) is 4.08 Å². The molecule has 27 heavy (non-hydrogen) atoms. The molecule has 1 aliphatic rings. The summed E-state index contributed by atoms with van der Waals surface area (Å²) in [6.45, 7) is 0.697. The fourth-order valence-electron chi connectivity index (χ4n) is 3.26. The average molecular weight is 419 g/mol. The highest BCUT2D eigenvalue weighted by Crippen LogP contribution is 2.53. The lowest BCUT2D eigenvalue weighted by Crippen LogP contribution is -2.26. The van der Waals surface area contributed by atoms with Gasteiger partial charge >= 0.3 is 5.97 Å². The third kappa shape index (κ3) is 4.03. The van der Waals surface area contributed by atoms with Crippen molar-refractivity contribution in [3.8, 4) is 5.75 Å². The lowest BCUT2D eigenvalue weighted by Gasteiger charge is -2.36. The quantitative estimate of drug-likeness (QED) is 0.281. The molecule has 2 aromatic rings. The molecule has 3 nitrogen and oxygen atoms in total. The van der Waals surface area contributed by atoms with Crippen LogP contribution in [0.15, 0.2) is 47.4 Å². The second-order valence-electron chi connectivity index (χ2n) is 6.08. The molecule has 0 radical (unpaired) electrons. The maximum Gasteiger partial charge on any atom is 0.336 e. The van der Waals surface area contributed by atoms with Crippen LogP contribution in [0.25, 0.3) is 11.6 Å². The van der Waals surface area contributed by atoms with Crippen molar-refractivity contribution >= 4 is 52.9 Å². The Hall–Kier alpha value is -1.50. The van der Waals surface area contributed by atoms with Gasteiger partial charge in [-0.2, -0.15) is 0 Å². The summed E-state index contributed by atoms with van der Waals surface area (Å²) in [7, 11) is 0. The van der Waals surface area contributed by atoms with Gasteiger partial charge in [0.15, 0.2) is 0 Å². The standard InChI is InChI=1S/C21H22O3S3/c1-25-19-13-18-17(21(26-2,27-3)9-10-24-18)12-15(19)11-16(20(22)23)14-7-5-4-6-8-14/h4-8,11-13H,9-10H2,1-3H3,(H,22,23). The van der Waals surface area contributed by atoms with Crippen LogP contribution in [0.3, 0.4) is 0 Å². The Bertz CT molecular complexity index is 858. The molecule has 0 unspecified atom stereocenters. The number of rotatable bonds is 6. The van der Waals surface area contributed by atoms with E-state index < -0.39 is 5.97 Å². The van der Waals surface area contributed by atoms with E-state index in [4.69, 9.17) is 4.74 Å². The highest BCUT2D eigenvalue weighted by atomic mass is 32.2.